The lowest BCUT2D eigenvalue weighted by Crippen LogP contribution is -2.37. The zero-order valence-corrected chi connectivity index (χ0v) is 14.3. The van der Waals surface area contributed by atoms with Gasteiger partial charge in [0.25, 0.3) is 0 Å². The lowest BCUT2D eigenvalue weighted by atomic mass is 9.96. The number of benzene rings is 1. The fourth-order valence-corrected chi connectivity index (χ4v) is 4.00. The molecule has 7 heteroatoms. The van der Waals surface area contributed by atoms with E-state index in [0.717, 1.165) is 40.2 Å². The van der Waals surface area contributed by atoms with Crippen molar-refractivity contribution in [3.63, 3.8) is 0 Å². The SMILES string of the molecule is COc1ccc2c(c1)C[C@@H](C(=O)NCc1cn3c(n1)SCC3)CO2. The summed E-state index contributed by atoms with van der Waals surface area (Å²) in [6, 6.07) is 5.70. The van der Waals surface area contributed by atoms with Crippen molar-refractivity contribution in [1.29, 1.82) is 0 Å². The number of rotatable bonds is 4. The fraction of sp³-hybridized carbons (Fsp3) is 0.412. The van der Waals surface area contributed by atoms with E-state index in [1.54, 1.807) is 18.9 Å². The van der Waals surface area contributed by atoms with Crippen molar-refractivity contribution in [3.05, 3.63) is 35.7 Å². The summed E-state index contributed by atoms with van der Waals surface area (Å²) in [5.41, 5.74) is 1.92. The van der Waals surface area contributed by atoms with E-state index in [-0.39, 0.29) is 11.8 Å². The number of thioether (sulfide) groups is 1. The Labute approximate surface area is 144 Å². The normalized spacial score (nSPS) is 18.5. The van der Waals surface area contributed by atoms with Crippen LogP contribution in [0.4, 0.5) is 0 Å². The number of ether oxygens (including phenoxy) is 2. The number of nitrogens with zero attached hydrogens (tertiary/aromatic N) is 2. The highest BCUT2D eigenvalue weighted by molar-refractivity contribution is 7.99. The van der Waals surface area contributed by atoms with E-state index < -0.39 is 0 Å². The third-order valence-corrected chi connectivity index (χ3v) is 5.31. The maximum Gasteiger partial charge on any atom is 0.227 e. The number of fused-ring (bicyclic) bond motifs is 2. The smallest absolute Gasteiger partial charge is 0.227 e. The molecule has 4 rings (SSSR count). The van der Waals surface area contributed by atoms with Gasteiger partial charge in [-0.3, -0.25) is 4.79 Å². The summed E-state index contributed by atoms with van der Waals surface area (Å²) < 4.78 is 13.1. The highest BCUT2D eigenvalue weighted by Crippen LogP contribution is 2.30. The molecule has 1 aromatic heterocycles. The van der Waals surface area contributed by atoms with Crippen LogP contribution in [0.5, 0.6) is 11.5 Å². The monoisotopic (exact) mass is 345 g/mol. The first kappa shape index (κ1) is 15.4. The van der Waals surface area contributed by atoms with Crippen LogP contribution in [-0.4, -0.2) is 34.9 Å². The third kappa shape index (κ3) is 2.96. The van der Waals surface area contributed by atoms with Crippen molar-refractivity contribution in [2.75, 3.05) is 19.5 Å². The molecule has 0 saturated heterocycles. The van der Waals surface area contributed by atoms with Crippen LogP contribution in [0.1, 0.15) is 11.3 Å². The average Bonchev–Trinajstić information content (AvgIpc) is 3.20. The fourth-order valence-electron chi connectivity index (χ4n) is 3.04. The number of carbonyl (C=O) groups is 1. The summed E-state index contributed by atoms with van der Waals surface area (Å²) >= 11 is 1.75. The summed E-state index contributed by atoms with van der Waals surface area (Å²) in [7, 11) is 1.64. The van der Waals surface area contributed by atoms with Crippen molar-refractivity contribution in [1.82, 2.24) is 14.9 Å². The predicted molar refractivity (Wildman–Crippen MR) is 90.5 cm³/mol. The third-order valence-electron chi connectivity index (χ3n) is 4.34. The van der Waals surface area contributed by atoms with Crippen LogP contribution in [-0.2, 0) is 24.3 Å². The van der Waals surface area contributed by atoms with Gasteiger partial charge in [-0.25, -0.2) is 4.98 Å². The van der Waals surface area contributed by atoms with E-state index in [1.807, 2.05) is 24.4 Å². The Morgan fingerprint density at radius 2 is 2.46 bits per heavy atom. The van der Waals surface area contributed by atoms with Crippen LogP contribution < -0.4 is 14.8 Å². The molecule has 6 nitrogen and oxygen atoms in total. The van der Waals surface area contributed by atoms with Gasteiger partial charge >= 0.3 is 0 Å². The van der Waals surface area contributed by atoms with Crippen molar-refractivity contribution in [2.45, 2.75) is 24.7 Å². The predicted octanol–water partition coefficient (Wildman–Crippen LogP) is 1.86. The number of amides is 1. The van der Waals surface area contributed by atoms with Gasteiger partial charge in [-0.15, -0.1) is 0 Å². The standard InChI is InChI=1S/C17H19N3O3S/c1-22-14-2-3-15-11(7-14)6-12(10-23-15)16(21)18-8-13-9-20-4-5-24-17(20)19-13/h2-3,7,9,12H,4-6,8,10H2,1H3,(H,18,21)/t12-/m1/s1. The Bertz CT molecular complexity index is 753. The Morgan fingerprint density at radius 3 is 3.29 bits per heavy atom. The molecule has 2 aromatic rings. The molecule has 0 aliphatic carbocycles. The molecule has 3 heterocycles. The molecule has 1 amide bonds. The van der Waals surface area contributed by atoms with Gasteiger partial charge in [0.05, 0.1) is 25.3 Å². The Balaban J connectivity index is 1.37. The highest BCUT2D eigenvalue weighted by atomic mass is 32.2. The van der Waals surface area contributed by atoms with Gasteiger partial charge in [0.2, 0.25) is 5.91 Å². The highest BCUT2D eigenvalue weighted by Gasteiger charge is 2.26. The first-order chi connectivity index (χ1) is 11.7. The van der Waals surface area contributed by atoms with E-state index in [1.165, 1.54) is 0 Å². The van der Waals surface area contributed by atoms with Crippen LogP contribution in [0.2, 0.25) is 0 Å². The summed E-state index contributed by atoms with van der Waals surface area (Å²) in [6.07, 6.45) is 2.68. The molecule has 126 valence electrons. The van der Waals surface area contributed by atoms with Gasteiger partial charge in [-0.05, 0) is 30.2 Å². The average molecular weight is 345 g/mol. The van der Waals surface area contributed by atoms with Gasteiger partial charge in [-0.2, -0.15) is 0 Å². The van der Waals surface area contributed by atoms with Crippen LogP contribution in [0.3, 0.4) is 0 Å². The second kappa shape index (κ2) is 6.39. The number of aromatic nitrogens is 2. The Hall–Kier alpha value is -2.15. The van der Waals surface area contributed by atoms with Gasteiger partial charge in [0, 0.05) is 18.5 Å². The van der Waals surface area contributed by atoms with Crippen LogP contribution >= 0.6 is 11.8 Å². The number of nitrogens with one attached hydrogen (secondary N) is 1. The Morgan fingerprint density at radius 1 is 1.54 bits per heavy atom. The van der Waals surface area contributed by atoms with Crippen molar-refractivity contribution < 1.29 is 14.3 Å². The molecule has 0 saturated carbocycles. The molecule has 1 aromatic carbocycles. The summed E-state index contributed by atoms with van der Waals surface area (Å²) in [5, 5.41) is 4.02. The zero-order valence-electron chi connectivity index (χ0n) is 13.4. The van der Waals surface area contributed by atoms with Crippen LogP contribution in [0.25, 0.3) is 0 Å². The van der Waals surface area contributed by atoms with Crippen LogP contribution in [0.15, 0.2) is 29.6 Å². The lowest BCUT2D eigenvalue weighted by Gasteiger charge is -2.24. The molecule has 1 atom stereocenters. The van der Waals surface area contributed by atoms with Gasteiger partial charge in [-0.1, -0.05) is 11.8 Å². The first-order valence-electron chi connectivity index (χ1n) is 7.99. The molecule has 2 aliphatic heterocycles. The summed E-state index contributed by atoms with van der Waals surface area (Å²) in [4.78, 5) is 17.0. The number of hydrogen-bond acceptors (Lipinski definition) is 5. The molecule has 2 aliphatic rings. The van der Waals surface area contributed by atoms with E-state index in [4.69, 9.17) is 9.47 Å². The Kier molecular flexibility index (Phi) is 4.10. The van der Waals surface area contributed by atoms with Gasteiger partial charge < -0.3 is 19.4 Å². The minimum absolute atomic E-state index is 0.00397. The number of aryl methyl sites for hydroxylation is 1. The summed E-state index contributed by atoms with van der Waals surface area (Å²) in [5.74, 6) is 2.51. The minimum Gasteiger partial charge on any atom is -0.497 e. The molecule has 1 N–H and O–H groups in total. The minimum atomic E-state index is -0.187. The first-order valence-corrected chi connectivity index (χ1v) is 8.98. The quantitative estimate of drug-likeness (QED) is 0.916. The largest absolute Gasteiger partial charge is 0.497 e. The molecule has 0 fully saturated rings. The molecular formula is C17H19N3O3S. The zero-order chi connectivity index (χ0) is 16.5. The van der Waals surface area contributed by atoms with Crippen LogP contribution in [0, 0.1) is 5.92 Å². The topological polar surface area (TPSA) is 65.4 Å². The molecule has 0 radical (unpaired) electrons. The van der Waals surface area contributed by atoms with E-state index in [9.17, 15) is 4.79 Å². The maximum atomic E-state index is 12.4. The van der Waals surface area contributed by atoms with E-state index >= 15 is 0 Å². The molecule has 0 bridgehead atoms. The van der Waals surface area contributed by atoms with Crippen molar-refractivity contribution in [3.8, 4) is 11.5 Å². The van der Waals surface area contributed by atoms with Crippen molar-refractivity contribution >= 4 is 17.7 Å². The second-order valence-corrected chi connectivity index (χ2v) is 7.02. The summed E-state index contributed by atoms with van der Waals surface area (Å²) in [6.45, 7) is 1.86. The molecular weight excluding hydrogens is 326 g/mol. The number of hydrogen-bond donors (Lipinski definition) is 1. The number of methoxy groups -OCH3 is 1. The van der Waals surface area contributed by atoms with E-state index in [0.29, 0.717) is 19.6 Å². The number of imidazole rings is 1. The maximum absolute atomic E-state index is 12.4. The number of carbonyl (C=O) groups excluding carboxylic acids is 1. The molecule has 0 spiro atoms. The molecule has 24 heavy (non-hydrogen) atoms. The van der Waals surface area contributed by atoms with Gasteiger partial charge in [0.1, 0.15) is 18.1 Å². The lowest BCUT2D eigenvalue weighted by molar-refractivity contribution is -0.126. The van der Waals surface area contributed by atoms with Crippen molar-refractivity contribution in [2.24, 2.45) is 5.92 Å². The van der Waals surface area contributed by atoms with E-state index in [2.05, 4.69) is 14.9 Å². The van der Waals surface area contributed by atoms with Gasteiger partial charge in [0.15, 0.2) is 5.16 Å². The second-order valence-electron chi connectivity index (χ2n) is 5.96. The molecule has 0 unspecified atom stereocenters.